The molecule has 3 rings (SSSR count). The molecule has 1 unspecified atom stereocenters. The molecule has 8 nitrogen and oxygen atoms in total. The van der Waals surface area contributed by atoms with Crippen LogP contribution in [0, 0.1) is 6.92 Å². The number of pyridine rings is 1. The molecule has 0 aliphatic carbocycles. The fourth-order valence-corrected chi connectivity index (χ4v) is 3.69. The molecule has 0 aromatic carbocycles. The summed E-state index contributed by atoms with van der Waals surface area (Å²) in [7, 11) is 3.96. The largest absolute Gasteiger partial charge is 0.345 e. The standard InChI is InChI=1S/C20H30N6O2/c1-5-25-18(22-26(20(25)28)13-12-23(3)4)16-9-7-11-24(14-16)19(27)17-10-6-8-15(2)21-17/h6,8,10,16H,5,7,9,11-14H2,1-4H3. The van der Waals surface area contributed by atoms with Crippen LogP contribution >= 0.6 is 0 Å². The van der Waals surface area contributed by atoms with Crippen molar-refractivity contribution in [2.45, 2.75) is 45.7 Å². The van der Waals surface area contributed by atoms with Gasteiger partial charge < -0.3 is 9.80 Å². The summed E-state index contributed by atoms with van der Waals surface area (Å²) in [6.07, 6.45) is 1.82. The highest BCUT2D eigenvalue weighted by atomic mass is 16.2. The summed E-state index contributed by atoms with van der Waals surface area (Å²) in [4.78, 5) is 33.9. The average molecular weight is 387 g/mol. The van der Waals surface area contributed by atoms with Crippen molar-refractivity contribution in [3.63, 3.8) is 0 Å². The van der Waals surface area contributed by atoms with Crippen LogP contribution in [-0.2, 0) is 13.1 Å². The van der Waals surface area contributed by atoms with Crippen LogP contribution in [0.2, 0.25) is 0 Å². The van der Waals surface area contributed by atoms with Gasteiger partial charge in [0.15, 0.2) is 0 Å². The van der Waals surface area contributed by atoms with E-state index in [4.69, 9.17) is 0 Å². The van der Waals surface area contributed by atoms with Gasteiger partial charge in [-0.05, 0) is 52.9 Å². The van der Waals surface area contributed by atoms with Gasteiger partial charge in [-0.1, -0.05) is 6.07 Å². The lowest BCUT2D eigenvalue weighted by molar-refractivity contribution is 0.0697. The van der Waals surface area contributed by atoms with Crippen molar-refractivity contribution in [1.82, 2.24) is 29.1 Å². The topological polar surface area (TPSA) is 76.3 Å². The van der Waals surface area contributed by atoms with Gasteiger partial charge in [0, 0.05) is 37.8 Å². The minimum absolute atomic E-state index is 0.0502. The zero-order valence-corrected chi connectivity index (χ0v) is 17.3. The normalized spacial score (nSPS) is 17.3. The summed E-state index contributed by atoms with van der Waals surface area (Å²) in [6, 6.07) is 5.51. The van der Waals surface area contributed by atoms with E-state index < -0.39 is 0 Å². The van der Waals surface area contributed by atoms with E-state index in [2.05, 4.69) is 10.1 Å². The first-order valence-corrected chi connectivity index (χ1v) is 9.96. The molecule has 1 atom stereocenters. The molecule has 0 bridgehead atoms. The molecule has 28 heavy (non-hydrogen) atoms. The quantitative estimate of drug-likeness (QED) is 0.749. The minimum Gasteiger partial charge on any atom is -0.337 e. The zero-order valence-electron chi connectivity index (χ0n) is 17.3. The molecule has 1 aliphatic rings. The van der Waals surface area contributed by atoms with Crippen LogP contribution in [-0.4, -0.2) is 68.8 Å². The van der Waals surface area contributed by atoms with E-state index in [1.54, 1.807) is 15.3 Å². The number of aromatic nitrogens is 4. The van der Waals surface area contributed by atoms with Crippen LogP contribution in [0.5, 0.6) is 0 Å². The molecule has 1 amide bonds. The van der Waals surface area contributed by atoms with E-state index in [0.29, 0.717) is 31.9 Å². The average Bonchev–Trinajstić information content (AvgIpc) is 3.01. The van der Waals surface area contributed by atoms with Gasteiger partial charge in [-0.3, -0.25) is 9.36 Å². The number of aryl methyl sites for hydroxylation is 1. The molecule has 8 heteroatoms. The predicted molar refractivity (Wildman–Crippen MR) is 108 cm³/mol. The second-order valence-electron chi connectivity index (χ2n) is 7.67. The minimum atomic E-state index is -0.0665. The van der Waals surface area contributed by atoms with Gasteiger partial charge in [0.05, 0.1) is 6.54 Å². The molecular weight excluding hydrogens is 356 g/mol. The lowest BCUT2D eigenvalue weighted by Crippen LogP contribution is -2.40. The van der Waals surface area contributed by atoms with Crippen LogP contribution < -0.4 is 5.69 Å². The van der Waals surface area contributed by atoms with Gasteiger partial charge in [0.1, 0.15) is 11.5 Å². The number of nitrogens with zero attached hydrogens (tertiary/aromatic N) is 6. The second-order valence-corrected chi connectivity index (χ2v) is 7.67. The SMILES string of the molecule is CCn1c(C2CCCN(C(=O)c3cccc(C)n3)C2)nn(CCN(C)C)c1=O. The number of amides is 1. The van der Waals surface area contributed by atoms with Crippen molar-refractivity contribution in [2.75, 3.05) is 33.7 Å². The number of likely N-dealkylation sites (N-methyl/N-ethyl adjacent to an activating group) is 1. The molecular formula is C20H30N6O2. The Labute approximate surface area is 165 Å². The highest BCUT2D eigenvalue weighted by Gasteiger charge is 2.30. The molecule has 1 saturated heterocycles. The van der Waals surface area contributed by atoms with E-state index in [-0.39, 0.29) is 17.5 Å². The third-order valence-corrected chi connectivity index (χ3v) is 5.21. The van der Waals surface area contributed by atoms with E-state index >= 15 is 0 Å². The lowest BCUT2D eigenvalue weighted by atomic mass is 9.96. The van der Waals surface area contributed by atoms with E-state index in [1.807, 2.05) is 49.9 Å². The Morgan fingerprint density at radius 1 is 1.32 bits per heavy atom. The predicted octanol–water partition coefficient (Wildman–Crippen LogP) is 1.35. The van der Waals surface area contributed by atoms with Gasteiger partial charge in [-0.25, -0.2) is 14.5 Å². The van der Waals surface area contributed by atoms with Crippen molar-refractivity contribution < 1.29 is 4.79 Å². The van der Waals surface area contributed by atoms with Gasteiger partial charge in [0.25, 0.3) is 5.91 Å². The Hall–Kier alpha value is -2.48. The molecule has 0 radical (unpaired) electrons. The van der Waals surface area contributed by atoms with Crippen molar-refractivity contribution in [1.29, 1.82) is 0 Å². The maximum absolute atomic E-state index is 12.9. The monoisotopic (exact) mass is 386 g/mol. The summed E-state index contributed by atoms with van der Waals surface area (Å²) in [6.45, 7) is 7.03. The van der Waals surface area contributed by atoms with Crippen LogP contribution in [0.25, 0.3) is 0 Å². The number of hydrogen-bond acceptors (Lipinski definition) is 5. The van der Waals surface area contributed by atoms with Crippen LogP contribution in [0.1, 0.15) is 47.7 Å². The summed E-state index contributed by atoms with van der Waals surface area (Å²) in [5.74, 6) is 0.808. The fourth-order valence-electron chi connectivity index (χ4n) is 3.69. The lowest BCUT2D eigenvalue weighted by Gasteiger charge is -2.32. The van der Waals surface area contributed by atoms with E-state index in [9.17, 15) is 9.59 Å². The second kappa shape index (κ2) is 8.68. The van der Waals surface area contributed by atoms with Crippen LogP contribution in [0.3, 0.4) is 0 Å². The summed E-state index contributed by atoms with van der Waals surface area (Å²) < 4.78 is 3.31. The van der Waals surface area contributed by atoms with E-state index in [1.165, 1.54) is 0 Å². The maximum Gasteiger partial charge on any atom is 0.345 e. The van der Waals surface area contributed by atoms with Crippen molar-refractivity contribution in [3.8, 4) is 0 Å². The van der Waals surface area contributed by atoms with Crippen molar-refractivity contribution in [3.05, 3.63) is 45.9 Å². The van der Waals surface area contributed by atoms with E-state index in [0.717, 1.165) is 30.9 Å². The molecule has 2 aromatic heterocycles. The maximum atomic E-state index is 12.9. The molecule has 0 spiro atoms. The number of piperidine rings is 1. The number of likely N-dealkylation sites (tertiary alicyclic amines) is 1. The summed E-state index contributed by atoms with van der Waals surface area (Å²) in [5, 5.41) is 4.64. The first-order chi connectivity index (χ1) is 13.4. The molecule has 2 aromatic rings. The van der Waals surface area contributed by atoms with Gasteiger partial charge in [0.2, 0.25) is 0 Å². The zero-order chi connectivity index (χ0) is 20.3. The first kappa shape index (κ1) is 20.3. The Kier molecular flexibility index (Phi) is 6.28. The third-order valence-electron chi connectivity index (χ3n) is 5.21. The Morgan fingerprint density at radius 2 is 2.11 bits per heavy atom. The van der Waals surface area contributed by atoms with Gasteiger partial charge in [-0.2, -0.15) is 5.10 Å². The summed E-state index contributed by atoms with van der Waals surface area (Å²) in [5.41, 5.74) is 1.24. The van der Waals surface area contributed by atoms with Crippen molar-refractivity contribution >= 4 is 5.91 Å². The number of hydrogen-bond donors (Lipinski definition) is 0. The van der Waals surface area contributed by atoms with Gasteiger partial charge >= 0.3 is 5.69 Å². The molecule has 152 valence electrons. The number of carbonyl (C=O) groups excluding carboxylic acids is 1. The molecule has 1 aliphatic heterocycles. The third kappa shape index (κ3) is 4.32. The fraction of sp³-hybridized carbons (Fsp3) is 0.600. The molecule has 1 fully saturated rings. The molecule has 0 N–H and O–H groups in total. The van der Waals surface area contributed by atoms with Crippen LogP contribution in [0.15, 0.2) is 23.0 Å². The molecule has 0 saturated carbocycles. The molecule has 3 heterocycles. The number of carbonyl (C=O) groups is 1. The first-order valence-electron chi connectivity index (χ1n) is 9.96. The Balaban J connectivity index is 1.81. The smallest absolute Gasteiger partial charge is 0.337 e. The van der Waals surface area contributed by atoms with Crippen molar-refractivity contribution in [2.24, 2.45) is 0 Å². The van der Waals surface area contributed by atoms with Crippen LogP contribution in [0.4, 0.5) is 0 Å². The number of rotatable bonds is 6. The Morgan fingerprint density at radius 3 is 2.79 bits per heavy atom. The summed E-state index contributed by atoms with van der Waals surface area (Å²) >= 11 is 0. The highest BCUT2D eigenvalue weighted by Crippen LogP contribution is 2.26. The van der Waals surface area contributed by atoms with Gasteiger partial charge in [-0.15, -0.1) is 0 Å². The highest BCUT2D eigenvalue weighted by molar-refractivity contribution is 5.92. The Bertz CT molecular complexity index is 885.